The first kappa shape index (κ1) is 31.3. The van der Waals surface area contributed by atoms with Crippen molar-refractivity contribution < 1.29 is 23.8 Å². The molecule has 4 aromatic heterocycles. The summed E-state index contributed by atoms with van der Waals surface area (Å²) in [5.41, 5.74) is 2.51. The van der Waals surface area contributed by atoms with Gasteiger partial charge in [0.05, 0.1) is 24.5 Å². The maximum absolute atomic E-state index is 13.9. The van der Waals surface area contributed by atoms with Crippen LogP contribution in [0.15, 0.2) is 30.9 Å². The zero-order valence-corrected chi connectivity index (χ0v) is 27.3. The molecule has 0 aliphatic carbocycles. The number of piperidine rings is 1. The number of carbonyl (C=O) groups excluding carboxylic acids is 2. The van der Waals surface area contributed by atoms with Gasteiger partial charge in [0.2, 0.25) is 0 Å². The molecule has 5 rings (SSSR count). The van der Waals surface area contributed by atoms with Crippen molar-refractivity contribution in [3.8, 4) is 17.0 Å². The lowest BCUT2D eigenvalue weighted by molar-refractivity contribution is -0.156. The van der Waals surface area contributed by atoms with Gasteiger partial charge in [-0.3, -0.25) is 4.79 Å². The third-order valence-electron chi connectivity index (χ3n) is 7.68. The molecule has 0 saturated carbocycles. The molecule has 0 N–H and O–H groups in total. The lowest BCUT2D eigenvalue weighted by atomic mass is 9.93. The Balaban J connectivity index is 1.56. The summed E-state index contributed by atoms with van der Waals surface area (Å²) in [6, 6.07) is 3.96. The zero-order chi connectivity index (χ0) is 32.0. The molecule has 0 atom stereocenters. The normalized spacial score (nSPS) is 14.9. The van der Waals surface area contributed by atoms with Gasteiger partial charge in [0.15, 0.2) is 11.4 Å². The van der Waals surface area contributed by atoms with Gasteiger partial charge in [-0.15, -0.1) is 0 Å². The van der Waals surface area contributed by atoms with E-state index < -0.39 is 17.3 Å². The Morgan fingerprint density at radius 1 is 1.00 bits per heavy atom. The second-order valence-corrected chi connectivity index (χ2v) is 13.8. The van der Waals surface area contributed by atoms with E-state index in [-0.39, 0.29) is 17.8 Å². The molecule has 5 heterocycles. The standard InChI is InChI=1S/C33H44N6O5/c1-20(2)28-23-16-26(37-12-10-21(11-13-37)14-27(40)43-32(3,4)5)34-17-24(23)39(31(41)44-33(6,7)8)29(28)22-15-25(42-9)30-35-19-36-38(30)18-22/h15-21H,10-14H2,1-9H3. The van der Waals surface area contributed by atoms with E-state index in [1.54, 1.807) is 22.4 Å². The highest BCUT2D eigenvalue weighted by molar-refractivity contribution is 6.00. The van der Waals surface area contributed by atoms with Crippen molar-refractivity contribution in [2.45, 2.75) is 91.8 Å². The fourth-order valence-corrected chi connectivity index (χ4v) is 5.90. The number of nitrogens with zero attached hydrogens (tertiary/aromatic N) is 6. The number of aromatic nitrogens is 5. The first-order valence-electron chi connectivity index (χ1n) is 15.3. The molecule has 0 amide bonds. The minimum absolute atomic E-state index is 0.0587. The van der Waals surface area contributed by atoms with Gasteiger partial charge in [-0.1, -0.05) is 13.8 Å². The van der Waals surface area contributed by atoms with Crippen molar-refractivity contribution in [1.29, 1.82) is 0 Å². The van der Waals surface area contributed by atoms with Crippen LogP contribution in [0.2, 0.25) is 0 Å². The Labute approximate surface area is 258 Å². The van der Waals surface area contributed by atoms with Gasteiger partial charge in [0.25, 0.3) is 0 Å². The van der Waals surface area contributed by atoms with Gasteiger partial charge in [-0.2, -0.15) is 5.10 Å². The first-order chi connectivity index (χ1) is 20.6. The van der Waals surface area contributed by atoms with Crippen molar-refractivity contribution in [1.82, 2.24) is 24.1 Å². The molecule has 236 valence electrons. The molecule has 0 aromatic carbocycles. The predicted molar refractivity (Wildman–Crippen MR) is 169 cm³/mol. The Morgan fingerprint density at radius 2 is 1.68 bits per heavy atom. The molecule has 11 nitrogen and oxygen atoms in total. The molecule has 0 spiro atoms. The van der Waals surface area contributed by atoms with Crippen LogP contribution < -0.4 is 9.64 Å². The van der Waals surface area contributed by atoms with Gasteiger partial charge in [0, 0.05) is 36.7 Å². The minimum Gasteiger partial charge on any atom is -0.493 e. The molecule has 0 bridgehead atoms. The van der Waals surface area contributed by atoms with E-state index in [4.69, 9.17) is 19.2 Å². The molecule has 44 heavy (non-hydrogen) atoms. The van der Waals surface area contributed by atoms with Crippen molar-refractivity contribution in [3.63, 3.8) is 0 Å². The highest BCUT2D eigenvalue weighted by Gasteiger charge is 2.30. The largest absolute Gasteiger partial charge is 0.493 e. The number of pyridine rings is 2. The van der Waals surface area contributed by atoms with Gasteiger partial charge >= 0.3 is 12.1 Å². The molecule has 0 unspecified atom stereocenters. The fraction of sp³-hybridized carbons (Fsp3) is 0.545. The molecule has 0 radical (unpaired) electrons. The van der Waals surface area contributed by atoms with Crippen LogP contribution in [0.4, 0.5) is 10.6 Å². The predicted octanol–water partition coefficient (Wildman–Crippen LogP) is 6.61. The monoisotopic (exact) mass is 604 g/mol. The van der Waals surface area contributed by atoms with Crippen LogP contribution in [0.5, 0.6) is 5.75 Å². The number of rotatable bonds is 6. The molecule has 11 heteroatoms. The summed E-state index contributed by atoms with van der Waals surface area (Å²) in [5, 5.41) is 5.27. The number of methoxy groups -OCH3 is 1. The van der Waals surface area contributed by atoms with Crippen LogP contribution in [-0.4, -0.2) is 67.6 Å². The van der Waals surface area contributed by atoms with E-state index in [1.807, 2.05) is 53.8 Å². The Bertz CT molecular complexity index is 1680. The number of anilines is 1. The van der Waals surface area contributed by atoms with E-state index in [2.05, 4.69) is 34.9 Å². The highest BCUT2D eigenvalue weighted by atomic mass is 16.6. The molecule has 1 aliphatic rings. The zero-order valence-electron chi connectivity index (χ0n) is 27.3. The summed E-state index contributed by atoms with van der Waals surface area (Å²) in [7, 11) is 1.59. The van der Waals surface area contributed by atoms with Crippen molar-refractivity contribution in [2.24, 2.45) is 5.92 Å². The number of fused-ring (bicyclic) bond motifs is 2. The van der Waals surface area contributed by atoms with Crippen molar-refractivity contribution in [3.05, 3.63) is 36.4 Å². The first-order valence-corrected chi connectivity index (χ1v) is 15.3. The van der Waals surface area contributed by atoms with Crippen LogP contribution in [0.25, 0.3) is 27.8 Å². The Kier molecular flexibility index (Phi) is 8.35. The smallest absolute Gasteiger partial charge is 0.419 e. The average molecular weight is 605 g/mol. The van der Waals surface area contributed by atoms with Gasteiger partial charge in [0.1, 0.15) is 23.3 Å². The third kappa shape index (κ3) is 6.51. The van der Waals surface area contributed by atoms with E-state index in [1.165, 1.54) is 6.33 Å². The van der Waals surface area contributed by atoms with Crippen LogP contribution >= 0.6 is 0 Å². The van der Waals surface area contributed by atoms with Crippen LogP contribution in [-0.2, 0) is 14.3 Å². The summed E-state index contributed by atoms with van der Waals surface area (Å²) in [6.07, 6.45) is 6.78. The van der Waals surface area contributed by atoms with E-state index in [0.717, 1.165) is 48.3 Å². The van der Waals surface area contributed by atoms with Crippen LogP contribution in [0, 0.1) is 5.92 Å². The number of hydrogen-bond acceptors (Lipinski definition) is 9. The van der Waals surface area contributed by atoms with E-state index in [9.17, 15) is 9.59 Å². The number of ether oxygens (including phenoxy) is 3. The van der Waals surface area contributed by atoms with Gasteiger partial charge < -0.3 is 19.1 Å². The molecule has 4 aromatic rings. The summed E-state index contributed by atoms with van der Waals surface area (Å²) >= 11 is 0. The van der Waals surface area contributed by atoms with E-state index in [0.29, 0.717) is 29.0 Å². The summed E-state index contributed by atoms with van der Waals surface area (Å²) in [6.45, 7) is 17.0. The maximum atomic E-state index is 13.9. The highest BCUT2D eigenvalue weighted by Crippen LogP contribution is 2.41. The van der Waals surface area contributed by atoms with Crippen LogP contribution in [0.3, 0.4) is 0 Å². The quantitative estimate of drug-likeness (QED) is 0.224. The number of esters is 1. The second kappa shape index (κ2) is 11.7. The minimum atomic E-state index is -0.701. The number of hydrogen-bond donors (Lipinski definition) is 0. The molecule has 1 saturated heterocycles. The Morgan fingerprint density at radius 3 is 2.30 bits per heavy atom. The van der Waals surface area contributed by atoms with Crippen molar-refractivity contribution >= 4 is 34.4 Å². The molecular formula is C33H44N6O5. The second-order valence-electron chi connectivity index (χ2n) is 13.8. The number of carbonyl (C=O) groups is 2. The topological polar surface area (TPSA) is 113 Å². The molecule has 1 fully saturated rings. The summed E-state index contributed by atoms with van der Waals surface area (Å²) in [4.78, 5) is 37.7. The van der Waals surface area contributed by atoms with E-state index >= 15 is 0 Å². The lowest BCUT2D eigenvalue weighted by Gasteiger charge is -2.33. The average Bonchev–Trinajstić information content (AvgIpc) is 3.53. The van der Waals surface area contributed by atoms with Gasteiger partial charge in [-0.05, 0) is 83.9 Å². The van der Waals surface area contributed by atoms with Gasteiger partial charge in [-0.25, -0.2) is 23.8 Å². The summed E-state index contributed by atoms with van der Waals surface area (Å²) in [5.74, 6) is 1.57. The third-order valence-corrected chi connectivity index (χ3v) is 7.68. The van der Waals surface area contributed by atoms with Crippen molar-refractivity contribution in [2.75, 3.05) is 25.1 Å². The Hall–Kier alpha value is -4.15. The fourth-order valence-electron chi connectivity index (χ4n) is 5.90. The maximum Gasteiger partial charge on any atom is 0.419 e. The molecular weight excluding hydrogens is 560 g/mol. The summed E-state index contributed by atoms with van der Waals surface area (Å²) < 4.78 is 20.4. The lowest BCUT2D eigenvalue weighted by Crippen LogP contribution is -2.35. The molecule has 1 aliphatic heterocycles. The van der Waals surface area contributed by atoms with Crippen LogP contribution in [0.1, 0.15) is 86.1 Å². The SMILES string of the molecule is COc1cc(-c2c(C(C)C)c3cc(N4CCC(CC(=O)OC(C)(C)C)CC4)ncc3n2C(=O)OC(C)(C)C)cn2ncnc12.